The molecule has 4 aliphatic carbocycles. The molecule has 4 rings (SSSR count). The van der Waals surface area contributed by atoms with Gasteiger partial charge in [0.05, 0.1) is 11.5 Å². The van der Waals surface area contributed by atoms with Gasteiger partial charge in [-0.15, -0.1) is 0 Å². The van der Waals surface area contributed by atoms with E-state index in [0.29, 0.717) is 12.8 Å². The van der Waals surface area contributed by atoms with E-state index >= 15 is 0 Å². The maximum Gasteiger partial charge on any atom is 0.190 e. The van der Waals surface area contributed by atoms with Crippen molar-refractivity contribution in [2.24, 2.45) is 28.6 Å². The summed E-state index contributed by atoms with van der Waals surface area (Å²) in [6.07, 6.45) is 4.56. The van der Waals surface area contributed by atoms with Gasteiger partial charge in [-0.2, -0.15) is 0 Å². The van der Waals surface area contributed by atoms with Gasteiger partial charge in [-0.05, 0) is 56.9 Å². The van der Waals surface area contributed by atoms with Crippen LogP contribution in [0.5, 0.6) is 0 Å². The summed E-state index contributed by atoms with van der Waals surface area (Å²) in [6, 6.07) is 0. The molecule has 0 aromatic carbocycles. The lowest BCUT2D eigenvalue weighted by atomic mass is 9.45. The monoisotopic (exact) mass is 376 g/mol. The van der Waals surface area contributed by atoms with Crippen LogP contribution in [0.1, 0.15) is 46.0 Å². The molecule has 0 heterocycles. The van der Waals surface area contributed by atoms with Gasteiger partial charge < -0.3 is 20.4 Å². The number of Topliss-reactive ketones (excluding diaryl/α,β-unsaturated/α-hetero) is 1. The Morgan fingerprint density at radius 2 is 1.96 bits per heavy atom. The minimum Gasteiger partial charge on any atom is -0.508 e. The number of ketones is 2. The zero-order chi connectivity index (χ0) is 19.8. The van der Waals surface area contributed by atoms with Crippen LogP contribution in [0.4, 0.5) is 0 Å². The van der Waals surface area contributed by atoms with Crippen molar-refractivity contribution in [3.8, 4) is 0 Å². The van der Waals surface area contributed by atoms with Crippen molar-refractivity contribution in [1.29, 1.82) is 0 Å². The lowest BCUT2D eigenvalue weighted by Crippen LogP contribution is -2.63. The summed E-state index contributed by atoms with van der Waals surface area (Å²) < 4.78 is 0. The summed E-state index contributed by atoms with van der Waals surface area (Å²) in [7, 11) is 0. The van der Waals surface area contributed by atoms with Crippen LogP contribution >= 0.6 is 0 Å². The second-order valence-corrected chi connectivity index (χ2v) is 9.31. The van der Waals surface area contributed by atoms with Crippen molar-refractivity contribution >= 4 is 11.6 Å². The van der Waals surface area contributed by atoms with Gasteiger partial charge in [0.1, 0.15) is 18.0 Å². The molecular formula is C21H28O6. The predicted octanol–water partition coefficient (Wildman–Crippen LogP) is 1.44. The normalized spacial score (nSPS) is 48.9. The van der Waals surface area contributed by atoms with Gasteiger partial charge in [0.25, 0.3) is 0 Å². The summed E-state index contributed by atoms with van der Waals surface area (Å²) in [5.74, 6) is -1.11. The van der Waals surface area contributed by atoms with Crippen LogP contribution in [-0.2, 0) is 9.59 Å². The topological polar surface area (TPSA) is 115 Å². The SMILES string of the molecule is C[C@]12C(=O)C=C(O)C=C1CC[C@@H]1[C@@H]2C(O)C[C@@]2(C)[C@H]1CC[C@]2(O)C(=O)CO. The first-order valence-electron chi connectivity index (χ1n) is 9.80. The van der Waals surface area contributed by atoms with Crippen molar-refractivity contribution in [3.05, 3.63) is 23.5 Å². The van der Waals surface area contributed by atoms with Gasteiger partial charge in [0.2, 0.25) is 0 Å². The Morgan fingerprint density at radius 3 is 2.63 bits per heavy atom. The Morgan fingerprint density at radius 1 is 1.26 bits per heavy atom. The number of hydrogen-bond donors (Lipinski definition) is 4. The van der Waals surface area contributed by atoms with Crippen molar-refractivity contribution in [2.75, 3.05) is 6.61 Å². The molecule has 3 fully saturated rings. The standard InChI is InChI=1S/C21H28O6/c1-19-9-15(24)18-13(14(19)5-6-21(19,27)17(26)10-22)4-3-11-7-12(23)8-16(25)20(11,18)2/h7-8,13-15,18,22-24,27H,3-6,9-10H2,1-2H3/t13-,14-,15?,18+,19-,20+,21-/m0/s1. The molecule has 6 heteroatoms. The molecule has 0 aromatic rings. The third-order valence-electron chi connectivity index (χ3n) is 8.40. The van der Waals surface area contributed by atoms with E-state index in [2.05, 4.69) is 0 Å². The highest BCUT2D eigenvalue weighted by Crippen LogP contribution is 2.67. The average molecular weight is 376 g/mol. The molecule has 7 atom stereocenters. The molecule has 0 spiro atoms. The lowest BCUT2D eigenvalue weighted by Gasteiger charge is -2.59. The van der Waals surface area contributed by atoms with E-state index in [1.165, 1.54) is 6.08 Å². The highest BCUT2D eigenvalue weighted by atomic mass is 16.3. The fourth-order valence-electron chi connectivity index (χ4n) is 7.01. The minimum absolute atomic E-state index is 0.000916. The summed E-state index contributed by atoms with van der Waals surface area (Å²) in [6.45, 7) is 2.99. The number of fused-ring (bicyclic) bond motifs is 5. The number of aliphatic hydroxyl groups is 4. The number of rotatable bonds is 2. The molecule has 3 saturated carbocycles. The molecule has 0 amide bonds. The van der Waals surface area contributed by atoms with Crippen LogP contribution < -0.4 is 0 Å². The third-order valence-corrected chi connectivity index (χ3v) is 8.40. The molecule has 4 N–H and O–H groups in total. The average Bonchev–Trinajstić information content (AvgIpc) is 2.87. The fourth-order valence-corrected chi connectivity index (χ4v) is 7.01. The number of hydrogen-bond acceptors (Lipinski definition) is 6. The molecule has 1 unspecified atom stereocenters. The van der Waals surface area contributed by atoms with E-state index < -0.39 is 34.9 Å². The molecule has 0 aromatic heterocycles. The zero-order valence-corrected chi connectivity index (χ0v) is 15.8. The molecule has 0 aliphatic heterocycles. The molecule has 4 aliphatic rings. The Kier molecular flexibility index (Phi) is 4.01. The summed E-state index contributed by atoms with van der Waals surface area (Å²) in [5.41, 5.74) is -2.46. The maximum absolute atomic E-state index is 12.9. The van der Waals surface area contributed by atoms with Crippen molar-refractivity contribution in [3.63, 3.8) is 0 Å². The van der Waals surface area contributed by atoms with Crippen molar-refractivity contribution < 1.29 is 30.0 Å². The zero-order valence-electron chi connectivity index (χ0n) is 15.8. The van der Waals surface area contributed by atoms with Gasteiger partial charge in [0, 0.05) is 17.4 Å². The molecule has 27 heavy (non-hydrogen) atoms. The van der Waals surface area contributed by atoms with Gasteiger partial charge in [-0.3, -0.25) is 9.59 Å². The number of allylic oxidation sites excluding steroid dienone is 3. The van der Waals surface area contributed by atoms with E-state index in [1.807, 2.05) is 13.8 Å². The van der Waals surface area contributed by atoms with Crippen LogP contribution in [0.2, 0.25) is 0 Å². The van der Waals surface area contributed by atoms with Crippen molar-refractivity contribution in [2.45, 2.75) is 57.7 Å². The highest BCUT2D eigenvalue weighted by molar-refractivity contribution is 5.99. The smallest absolute Gasteiger partial charge is 0.190 e. The molecular weight excluding hydrogens is 348 g/mol. The van der Waals surface area contributed by atoms with E-state index in [9.17, 15) is 30.0 Å². The molecule has 148 valence electrons. The van der Waals surface area contributed by atoms with Gasteiger partial charge in [-0.25, -0.2) is 0 Å². The van der Waals surface area contributed by atoms with Crippen LogP contribution in [0.3, 0.4) is 0 Å². The second kappa shape index (κ2) is 5.75. The van der Waals surface area contributed by atoms with Crippen LogP contribution in [-0.4, -0.2) is 50.3 Å². The van der Waals surface area contributed by atoms with Gasteiger partial charge in [-0.1, -0.05) is 12.5 Å². The highest BCUT2D eigenvalue weighted by Gasteiger charge is 2.69. The Balaban J connectivity index is 1.77. The van der Waals surface area contributed by atoms with Crippen LogP contribution in [0.15, 0.2) is 23.5 Å². The quantitative estimate of drug-likeness (QED) is 0.580. The maximum atomic E-state index is 12.9. The van der Waals surface area contributed by atoms with E-state index in [0.717, 1.165) is 12.0 Å². The van der Waals surface area contributed by atoms with E-state index in [-0.39, 0.29) is 42.1 Å². The first-order valence-corrected chi connectivity index (χ1v) is 9.80. The minimum atomic E-state index is -1.63. The Bertz CT molecular complexity index is 769. The molecule has 0 saturated heterocycles. The molecule has 6 nitrogen and oxygen atoms in total. The molecule has 0 radical (unpaired) electrons. The molecule has 0 bridgehead atoms. The van der Waals surface area contributed by atoms with Crippen LogP contribution in [0, 0.1) is 28.6 Å². The summed E-state index contributed by atoms with van der Waals surface area (Å²) in [4.78, 5) is 25.3. The van der Waals surface area contributed by atoms with E-state index in [4.69, 9.17) is 0 Å². The summed E-state index contributed by atoms with van der Waals surface area (Å²) in [5, 5.41) is 41.5. The summed E-state index contributed by atoms with van der Waals surface area (Å²) >= 11 is 0. The van der Waals surface area contributed by atoms with Crippen molar-refractivity contribution in [1.82, 2.24) is 0 Å². The Labute approximate surface area is 158 Å². The number of aliphatic hydroxyl groups excluding tert-OH is 3. The largest absolute Gasteiger partial charge is 0.508 e. The fraction of sp³-hybridized carbons (Fsp3) is 0.714. The number of carbonyl (C=O) groups excluding carboxylic acids is 2. The third kappa shape index (κ3) is 2.18. The van der Waals surface area contributed by atoms with Gasteiger partial charge in [0.15, 0.2) is 11.6 Å². The first kappa shape index (κ1) is 18.8. The lowest BCUT2D eigenvalue weighted by molar-refractivity contribution is -0.182. The predicted molar refractivity (Wildman–Crippen MR) is 96.6 cm³/mol. The first-order chi connectivity index (χ1) is 12.6. The van der Waals surface area contributed by atoms with E-state index in [1.54, 1.807) is 6.08 Å². The van der Waals surface area contributed by atoms with Gasteiger partial charge >= 0.3 is 0 Å². The van der Waals surface area contributed by atoms with Crippen LogP contribution in [0.25, 0.3) is 0 Å². The number of carbonyl (C=O) groups is 2. The Hall–Kier alpha value is -1.50. The second-order valence-electron chi connectivity index (χ2n) is 9.31.